The van der Waals surface area contributed by atoms with Gasteiger partial charge in [0.15, 0.2) is 6.29 Å². The number of hydrogen-bond donors (Lipinski definition) is 5. The number of aliphatic hydroxyl groups is 4. The highest BCUT2D eigenvalue weighted by atomic mass is 35.5. The Bertz CT molecular complexity index is 541. The maximum absolute atomic E-state index is 11.9. The molecule has 134 valence electrons. The number of hydrogen-bond acceptors (Lipinski definition) is 7. The molecule has 1 saturated heterocycles. The maximum Gasteiger partial charge on any atom is 0.223 e. The van der Waals surface area contributed by atoms with Crippen molar-refractivity contribution in [3.63, 3.8) is 0 Å². The third-order valence-corrected chi connectivity index (χ3v) is 3.89. The zero-order chi connectivity index (χ0) is 17.7. The first-order valence-corrected chi connectivity index (χ1v) is 7.78. The first-order valence-electron chi connectivity index (χ1n) is 7.40. The fourth-order valence-corrected chi connectivity index (χ4v) is 2.43. The Morgan fingerprint density at radius 2 is 1.88 bits per heavy atom. The van der Waals surface area contributed by atoms with Crippen molar-refractivity contribution >= 4 is 17.5 Å². The van der Waals surface area contributed by atoms with Crippen molar-refractivity contribution in [2.24, 2.45) is 0 Å². The van der Waals surface area contributed by atoms with E-state index in [4.69, 9.17) is 26.2 Å². The van der Waals surface area contributed by atoms with E-state index >= 15 is 0 Å². The third kappa shape index (κ3) is 4.79. The Morgan fingerprint density at radius 1 is 1.21 bits per heavy atom. The van der Waals surface area contributed by atoms with Gasteiger partial charge in [0.05, 0.1) is 19.6 Å². The predicted molar refractivity (Wildman–Crippen MR) is 83.5 cm³/mol. The van der Waals surface area contributed by atoms with Crippen LogP contribution in [-0.4, -0.2) is 70.2 Å². The van der Waals surface area contributed by atoms with Gasteiger partial charge in [0.25, 0.3) is 0 Å². The fourth-order valence-electron chi connectivity index (χ4n) is 2.30. The molecule has 3 unspecified atom stereocenters. The molecule has 1 aromatic rings. The van der Waals surface area contributed by atoms with E-state index in [2.05, 4.69) is 5.32 Å². The highest BCUT2D eigenvalue weighted by Crippen LogP contribution is 2.20. The van der Waals surface area contributed by atoms with Gasteiger partial charge >= 0.3 is 0 Å². The van der Waals surface area contributed by atoms with Crippen molar-refractivity contribution in [2.45, 2.75) is 37.1 Å². The Hall–Kier alpha value is -1.42. The zero-order valence-corrected chi connectivity index (χ0v) is 13.5. The lowest BCUT2D eigenvalue weighted by Crippen LogP contribution is -2.64. The molecule has 5 N–H and O–H groups in total. The predicted octanol–water partition coefficient (Wildman–Crippen LogP) is -0.975. The van der Waals surface area contributed by atoms with Gasteiger partial charge in [-0.15, -0.1) is 0 Å². The van der Waals surface area contributed by atoms with Crippen LogP contribution in [0.5, 0.6) is 5.75 Å². The van der Waals surface area contributed by atoms with Crippen LogP contribution in [0.4, 0.5) is 0 Å². The smallest absolute Gasteiger partial charge is 0.223 e. The summed E-state index contributed by atoms with van der Waals surface area (Å²) in [6, 6.07) is 5.43. The Balaban J connectivity index is 1.80. The quantitative estimate of drug-likeness (QED) is 0.440. The number of rotatable bonds is 6. The minimum absolute atomic E-state index is 0.0297. The molecule has 1 aromatic carbocycles. The summed E-state index contributed by atoms with van der Waals surface area (Å²) in [6.07, 6.45) is -5.57. The normalized spacial score (nSPS) is 30.0. The van der Waals surface area contributed by atoms with E-state index in [-0.39, 0.29) is 13.0 Å². The molecule has 1 heterocycles. The van der Waals surface area contributed by atoms with Crippen LogP contribution in [0.25, 0.3) is 0 Å². The summed E-state index contributed by atoms with van der Waals surface area (Å²) in [6.45, 7) is -0.486. The van der Waals surface area contributed by atoms with E-state index in [9.17, 15) is 20.1 Å². The minimum atomic E-state index is -1.54. The van der Waals surface area contributed by atoms with Crippen LogP contribution in [0.15, 0.2) is 24.3 Å². The topological polar surface area (TPSA) is 128 Å². The van der Waals surface area contributed by atoms with Gasteiger partial charge < -0.3 is 35.2 Å². The first-order chi connectivity index (χ1) is 11.4. The van der Waals surface area contributed by atoms with Gasteiger partial charge in [-0.3, -0.25) is 4.79 Å². The lowest BCUT2D eigenvalue weighted by molar-refractivity contribution is -0.253. The largest absolute Gasteiger partial charge is 0.493 e. The molecule has 8 nitrogen and oxygen atoms in total. The summed E-state index contributed by atoms with van der Waals surface area (Å²) >= 11 is 5.75. The molecule has 9 heteroatoms. The SMILES string of the molecule is O=C(CCOc1ccc(Cl)cc1)NC1C(O)O[C@H](CO)C(O)[C@@H]1O. The molecule has 24 heavy (non-hydrogen) atoms. The summed E-state index contributed by atoms with van der Waals surface area (Å²) in [5.74, 6) is 0.0554. The second kappa shape index (κ2) is 8.61. The van der Waals surface area contributed by atoms with Gasteiger partial charge in [-0.25, -0.2) is 0 Å². The fraction of sp³-hybridized carbons (Fsp3) is 0.533. The molecule has 0 aliphatic carbocycles. The molecule has 1 aliphatic heterocycles. The van der Waals surface area contributed by atoms with Crippen molar-refractivity contribution in [3.8, 4) is 5.75 Å². The number of benzene rings is 1. The van der Waals surface area contributed by atoms with Gasteiger partial charge in [-0.1, -0.05) is 11.6 Å². The van der Waals surface area contributed by atoms with Crippen LogP contribution >= 0.6 is 11.6 Å². The molecule has 5 atom stereocenters. The number of carbonyl (C=O) groups excluding carboxylic acids is 1. The number of ether oxygens (including phenoxy) is 2. The third-order valence-electron chi connectivity index (χ3n) is 3.64. The molecule has 0 spiro atoms. The number of amides is 1. The molecule has 1 fully saturated rings. The van der Waals surface area contributed by atoms with E-state index < -0.39 is 43.2 Å². The van der Waals surface area contributed by atoms with Crippen LogP contribution in [0.1, 0.15) is 6.42 Å². The Morgan fingerprint density at radius 3 is 2.50 bits per heavy atom. The van der Waals surface area contributed by atoms with Crippen molar-refractivity contribution in [2.75, 3.05) is 13.2 Å². The molecule has 0 saturated carbocycles. The highest BCUT2D eigenvalue weighted by Gasteiger charge is 2.44. The summed E-state index contributed by atoms with van der Waals surface area (Å²) in [7, 11) is 0. The van der Waals surface area contributed by atoms with Crippen LogP contribution in [0.2, 0.25) is 5.02 Å². The van der Waals surface area contributed by atoms with E-state index in [1.165, 1.54) is 0 Å². The number of carbonyl (C=O) groups is 1. The van der Waals surface area contributed by atoms with Crippen LogP contribution in [0, 0.1) is 0 Å². The molecule has 0 bridgehead atoms. The van der Waals surface area contributed by atoms with Crippen molar-refractivity contribution in [1.29, 1.82) is 0 Å². The first kappa shape index (κ1) is 18.9. The molecule has 1 aliphatic rings. The van der Waals surface area contributed by atoms with Crippen molar-refractivity contribution < 1.29 is 34.7 Å². The van der Waals surface area contributed by atoms with Crippen molar-refractivity contribution in [1.82, 2.24) is 5.32 Å². The average molecular weight is 362 g/mol. The lowest BCUT2D eigenvalue weighted by atomic mass is 9.97. The minimum Gasteiger partial charge on any atom is -0.493 e. The van der Waals surface area contributed by atoms with E-state index in [0.717, 1.165) is 0 Å². The van der Waals surface area contributed by atoms with Gasteiger partial charge in [0.1, 0.15) is 30.1 Å². The number of halogens is 1. The van der Waals surface area contributed by atoms with Gasteiger partial charge in [0.2, 0.25) is 5.91 Å². The van der Waals surface area contributed by atoms with Crippen LogP contribution in [0.3, 0.4) is 0 Å². The summed E-state index contributed by atoms with van der Waals surface area (Å²) in [4.78, 5) is 11.9. The molecule has 0 aromatic heterocycles. The van der Waals surface area contributed by atoms with E-state index in [1.54, 1.807) is 24.3 Å². The van der Waals surface area contributed by atoms with Gasteiger partial charge in [-0.05, 0) is 24.3 Å². The number of nitrogens with one attached hydrogen (secondary N) is 1. The lowest BCUT2D eigenvalue weighted by Gasteiger charge is -2.40. The molecule has 1 amide bonds. The molecular formula is C15H20ClNO7. The number of aliphatic hydroxyl groups excluding tert-OH is 4. The highest BCUT2D eigenvalue weighted by molar-refractivity contribution is 6.30. The van der Waals surface area contributed by atoms with Crippen LogP contribution < -0.4 is 10.1 Å². The monoisotopic (exact) mass is 361 g/mol. The van der Waals surface area contributed by atoms with Crippen LogP contribution in [-0.2, 0) is 9.53 Å². The summed E-state index contributed by atoms with van der Waals surface area (Å²) in [5, 5.41) is 41.4. The summed E-state index contributed by atoms with van der Waals surface area (Å²) < 4.78 is 10.3. The van der Waals surface area contributed by atoms with E-state index in [0.29, 0.717) is 10.8 Å². The van der Waals surface area contributed by atoms with Gasteiger partial charge in [0, 0.05) is 5.02 Å². The van der Waals surface area contributed by atoms with Crippen molar-refractivity contribution in [3.05, 3.63) is 29.3 Å². The Labute approximate surface area is 143 Å². The maximum atomic E-state index is 11.9. The second-order valence-electron chi connectivity index (χ2n) is 5.37. The van der Waals surface area contributed by atoms with Gasteiger partial charge in [-0.2, -0.15) is 0 Å². The molecular weight excluding hydrogens is 342 g/mol. The zero-order valence-electron chi connectivity index (χ0n) is 12.7. The molecule has 0 radical (unpaired) electrons. The second-order valence-corrected chi connectivity index (χ2v) is 5.81. The Kier molecular flexibility index (Phi) is 6.79. The molecule has 2 rings (SSSR count). The summed E-state index contributed by atoms with van der Waals surface area (Å²) in [5.41, 5.74) is 0. The standard InChI is InChI=1S/C15H20ClNO7/c16-8-1-3-9(4-2-8)23-6-5-11(19)17-12-14(21)13(20)10(7-18)24-15(12)22/h1-4,10,12-15,18,20-22H,5-7H2,(H,17,19)/t10-,12?,13?,14-,15?/m1/s1. The average Bonchev–Trinajstić information content (AvgIpc) is 2.56. The van der Waals surface area contributed by atoms with E-state index in [1.807, 2.05) is 0 Å².